The van der Waals surface area contributed by atoms with Crippen LogP contribution in [0.1, 0.15) is 0 Å². The van der Waals surface area contributed by atoms with Crippen molar-refractivity contribution in [1.29, 1.82) is 0 Å². The summed E-state index contributed by atoms with van der Waals surface area (Å²) >= 11 is 0. The van der Waals surface area contributed by atoms with E-state index in [1.165, 1.54) is 0 Å². The van der Waals surface area contributed by atoms with Crippen molar-refractivity contribution >= 4 is 10.2 Å². The molecule has 0 aromatic heterocycles. The number of rotatable bonds is 4. The number of hydrogen-bond donors (Lipinski definition) is 0. The topological polar surface area (TPSA) is 40.6 Å². The van der Waals surface area contributed by atoms with E-state index < -0.39 is 32.1 Å². The summed E-state index contributed by atoms with van der Waals surface area (Å²) in [5.74, 6) is 0. The molecule has 0 aromatic carbocycles. The maximum Gasteiger partial charge on any atom is 0.474 e. The fourth-order valence-electron chi connectivity index (χ4n) is 0.520. The zero-order valence-corrected chi connectivity index (χ0v) is 7.32. The maximum absolute atomic E-state index is 11.9. The van der Waals surface area contributed by atoms with Crippen molar-refractivity contribution in [1.82, 2.24) is 9.05 Å². The molecule has 0 unspecified atom stereocenters. The molecule has 0 fully saturated rings. The molecule has 0 aliphatic heterocycles. The van der Waals surface area contributed by atoms with Crippen molar-refractivity contribution in [2.24, 2.45) is 0 Å². The Labute approximate surface area is 76.3 Å². The van der Waals surface area contributed by atoms with Crippen LogP contribution >= 0.6 is 0 Å². The molecule has 0 radical (unpaired) electrons. The monoisotopic (exact) mass is 240 g/mol. The summed E-state index contributed by atoms with van der Waals surface area (Å²) in [6.07, 6.45) is -4.88. The van der Waals surface area contributed by atoms with Crippen LogP contribution in [0.25, 0.3) is 0 Å². The normalized spacial score (nSPS) is 13.6. The SMILES string of the molecule is C=CCN(C(F)(F)F)S(=O)(=O)N(F)F. The van der Waals surface area contributed by atoms with Gasteiger partial charge in [-0.05, 0) is 0 Å². The molecule has 4 nitrogen and oxygen atoms in total. The molecular formula is C4H5F5N2O2S. The Bertz CT molecular complexity index is 297. The lowest BCUT2D eigenvalue weighted by Gasteiger charge is -2.21. The van der Waals surface area contributed by atoms with Crippen molar-refractivity contribution in [2.75, 3.05) is 6.54 Å². The van der Waals surface area contributed by atoms with E-state index in [1.807, 2.05) is 0 Å². The fraction of sp³-hybridized carbons (Fsp3) is 0.500. The summed E-state index contributed by atoms with van der Waals surface area (Å²) in [4.78, 5) is 0. The smallest absolute Gasteiger partial charge is 0.190 e. The van der Waals surface area contributed by atoms with Gasteiger partial charge in [-0.2, -0.15) is 21.6 Å². The van der Waals surface area contributed by atoms with Gasteiger partial charge in [0.25, 0.3) is 0 Å². The first kappa shape index (κ1) is 13.3. The summed E-state index contributed by atoms with van der Waals surface area (Å²) in [7, 11) is -5.82. The van der Waals surface area contributed by atoms with Gasteiger partial charge in [-0.25, -0.2) is 0 Å². The van der Waals surface area contributed by atoms with E-state index in [1.54, 1.807) is 0 Å². The molecule has 0 amide bonds. The van der Waals surface area contributed by atoms with Crippen molar-refractivity contribution in [3.05, 3.63) is 12.7 Å². The van der Waals surface area contributed by atoms with Crippen LogP contribution in [0, 0.1) is 0 Å². The maximum atomic E-state index is 11.9. The first-order chi connectivity index (χ1) is 6.14. The van der Waals surface area contributed by atoms with Crippen LogP contribution in [0.4, 0.5) is 22.1 Å². The summed E-state index contributed by atoms with van der Waals surface area (Å²) in [5, 5.41) is 0. The van der Waals surface area contributed by atoms with Gasteiger partial charge in [0.1, 0.15) is 0 Å². The van der Waals surface area contributed by atoms with Crippen molar-refractivity contribution in [3.8, 4) is 0 Å². The highest BCUT2D eigenvalue weighted by Gasteiger charge is 2.48. The summed E-state index contributed by atoms with van der Waals surface area (Å²) in [6.45, 7) is 1.54. The van der Waals surface area contributed by atoms with Gasteiger partial charge in [0.05, 0.1) is 0 Å². The lowest BCUT2D eigenvalue weighted by molar-refractivity contribution is -0.214. The Morgan fingerprint density at radius 2 is 1.71 bits per heavy atom. The van der Waals surface area contributed by atoms with Crippen LogP contribution in [0.5, 0.6) is 0 Å². The molecule has 0 spiro atoms. The number of nitrogens with zero attached hydrogens (tertiary/aromatic N) is 2. The lowest BCUT2D eigenvalue weighted by atomic mass is 10.6. The van der Waals surface area contributed by atoms with Crippen LogP contribution in [0.3, 0.4) is 0 Å². The van der Waals surface area contributed by atoms with E-state index in [0.29, 0.717) is 6.08 Å². The highest BCUT2D eigenvalue weighted by Crippen LogP contribution is 2.26. The van der Waals surface area contributed by atoms with Crippen LogP contribution in [-0.2, 0) is 10.2 Å². The molecule has 0 atom stereocenters. The second-order valence-electron chi connectivity index (χ2n) is 1.97. The molecule has 14 heavy (non-hydrogen) atoms. The first-order valence-corrected chi connectivity index (χ1v) is 4.36. The number of hydrogen-bond acceptors (Lipinski definition) is 2. The Hall–Kier alpha value is -0.740. The number of halogens is 5. The largest absolute Gasteiger partial charge is 0.474 e. The minimum atomic E-state index is -5.82. The van der Waals surface area contributed by atoms with Gasteiger partial charge in [-0.15, -0.1) is 6.58 Å². The van der Waals surface area contributed by atoms with E-state index in [0.717, 1.165) is 0 Å². The fourth-order valence-corrected chi connectivity index (χ4v) is 1.22. The molecule has 10 heteroatoms. The van der Waals surface area contributed by atoms with Gasteiger partial charge < -0.3 is 0 Å². The third kappa shape index (κ3) is 2.89. The molecule has 0 saturated heterocycles. The highest BCUT2D eigenvalue weighted by atomic mass is 32.2. The van der Waals surface area contributed by atoms with Crippen LogP contribution in [0.15, 0.2) is 12.7 Å². The summed E-state index contributed by atoms with van der Waals surface area (Å²) in [5.41, 5.74) is 0. The molecule has 0 N–H and O–H groups in total. The predicted molar refractivity (Wildman–Crippen MR) is 35.9 cm³/mol. The van der Waals surface area contributed by atoms with Gasteiger partial charge >= 0.3 is 16.5 Å². The molecule has 0 rings (SSSR count). The Kier molecular flexibility index (Phi) is 3.97. The summed E-state index contributed by atoms with van der Waals surface area (Å²) in [6, 6.07) is 0. The zero-order valence-electron chi connectivity index (χ0n) is 6.50. The minimum Gasteiger partial charge on any atom is -0.190 e. The average molecular weight is 240 g/mol. The van der Waals surface area contributed by atoms with Crippen LogP contribution in [-0.4, -0.2) is 30.3 Å². The molecular weight excluding hydrogens is 235 g/mol. The van der Waals surface area contributed by atoms with E-state index in [9.17, 15) is 30.6 Å². The quantitative estimate of drug-likeness (QED) is 0.322. The molecule has 0 aromatic rings. The Balaban J connectivity index is 5.13. The number of alkyl halides is 3. The van der Waals surface area contributed by atoms with Gasteiger partial charge in [0.2, 0.25) is 0 Å². The van der Waals surface area contributed by atoms with Crippen LogP contribution in [0.2, 0.25) is 0 Å². The van der Waals surface area contributed by atoms with Crippen molar-refractivity contribution in [3.63, 3.8) is 0 Å². The van der Waals surface area contributed by atoms with Crippen molar-refractivity contribution < 1.29 is 30.6 Å². The predicted octanol–water partition coefficient (Wildman–Crippen LogP) is 1.31. The van der Waals surface area contributed by atoms with Crippen molar-refractivity contribution in [2.45, 2.75) is 6.30 Å². The molecule has 0 saturated carbocycles. The lowest BCUT2D eigenvalue weighted by Crippen LogP contribution is -2.46. The average Bonchev–Trinajstić information content (AvgIpc) is 1.97. The standard InChI is InChI=1S/C4H5F5N2O2S/c1-2-3-10(4(5,6)7)14(12,13)11(8)9/h2H,1,3H2. The highest BCUT2D eigenvalue weighted by molar-refractivity contribution is 7.86. The summed E-state index contributed by atoms with van der Waals surface area (Å²) < 4.78 is 75.8. The van der Waals surface area contributed by atoms with Crippen LogP contribution < -0.4 is 0 Å². The van der Waals surface area contributed by atoms with Gasteiger partial charge in [-0.3, -0.25) is 0 Å². The Morgan fingerprint density at radius 1 is 1.29 bits per heavy atom. The molecule has 84 valence electrons. The zero-order chi connectivity index (χ0) is 11.6. The second kappa shape index (κ2) is 4.19. The van der Waals surface area contributed by atoms with E-state index in [4.69, 9.17) is 0 Å². The molecule has 0 aliphatic carbocycles. The van der Waals surface area contributed by atoms with E-state index in [-0.39, 0.29) is 0 Å². The van der Waals surface area contributed by atoms with E-state index >= 15 is 0 Å². The van der Waals surface area contributed by atoms with Gasteiger partial charge in [0, 0.05) is 6.54 Å². The molecule has 0 heterocycles. The Morgan fingerprint density at radius 3 is 1.93 bits per heavy atom. The van der Waals surface area contributed by atoms with Gasteiger partial charge in [-0.1, -0.05) is 19.3 Å². The minimum absolute atomic E-state index is 0.536. The third-order valence-electron chi connectivity index (χ3n) is 1.03. The first-order valence-electron chi connectivity index (χ1n) is 2.96. The third-order valence-corrected chi connectivity index (χ3v) is 2.29. The molecule has 0 bridgehead atoms. The second-order valence-corrected chi connectivity index (χ2v) is 3.58. The van der Waals surface area contributed by atoms with E-state index in [2.05, 4.69) is 6.58 Å². The van der Waals surface area contributed by atoms with Gasteiger partial charge in [0.15, 0.2) is 4.75 Å². The molecule has 0 aliphatic rings.